The second kappa shape index (κ2) is 10.2. The number of aliphatic hydroxyl groups excluding tert-OH is 1. The van der Waals surface area contributed by atoms with Crippen LogP contribution in [-0.2, 0) is 15.8 Å². The van der Waals surface area contributed by atoms with Crippen LogP contribution in [0, 0.1) is 0 Å². The van der Waals surface area contributed by atoms with Crippen LogP contribution in [0.15, 0.2) is 48.5 Å². The molecule has 0 spiro atoms. The summed E-state index contributed by atoms with van der Waals surface area (Å²) in [5.74, 6) is 0.728. The Balaban J connectivity index is 2.09. The van der Waals surface area contributed by atoms with E-state index in [1.54, 1.807) is 0 Å². The SMILES string of the molecule is CCOCC(O)COc1ccc(C(C)(C)c2ccc(C(O)(CC)CC)cc2)cc1. The summed E-state index contributed by atoms with van der Waals surface area (Å²) < 4.78 is 10.9. The smallest absolute Gasteiger partial charge is 0.119 e. The lowest BCUT2D eigenvalue weighted by Crippen LogP contribution is -2.24. The number of rotatable bonds is 11. The van der Waals surface area contributed by atoms with Gasteiger partial charge in [-0.15, -0.1) is 0 Å². The summed E-state index contributed by atoms with van der Waals surface area (Å²) in [4.78, 5) is 0. The first-order chi connectivity index (χ1) is 13.8. The molecule has 0 aliphatic carbocycles. The van der Waals surface area contributed by atoms with Crippen molar-refractivity contribution in [2.24, 2.45) is 0 Å². The molecule has 160 valence electrons. The molecule has 0 fully saturated rings. The van der Waals surface area contributed by atoms with Crippen LogP contribution in [0.3, 0.4) is 0 Å². The molecule has 0 heterocycles. The van der Waals surface area contributed by atoms with Gasteiger partial charge in [-0.1, -0.05) is 64.1 Å². The highest BCUT2D eigenvalue weighted by Gasteiger charge is 2.27. The molecule has 0 saturated carbocycles. The van der Waals surface area contributed by atoms with Gasteiger partial charge in [0.05, 0.1) is 12.2 Å². The molecule has 2 rings (SSSR count). The van der Waals surface area contributed by atoms with Gasteiger partial charge in [-0.3, -0.25) is 0 Å². The Morgan fingerprint density at radius 3 is 1.76 bits per heavy atom. The number of aliphatic hydroxyl groups is 2. The molecule has 0 aliphatic rings. The summed E-state index contributed by atoms with van der Waals surface area (Å²) >= 11 is 0. The van der Waals surface area contributed by atoms with E-state index in [0.717, 1.165) is 11.3 Å². The third-order valence-electron chi connectivity index (χ3n) is 5.85. The van der Waals surface area contributed by atoms with Gasteiger partial charge < -0.3 is 19.7 Å². The Bertz CT molecular complexity index is 730. The normalized spacial score (nSPS) is 13.3. The molecule has 0 saturated heterocycles. The molecule has 1 unspecified atom stereocenters. The van der Waals surface area contributed by atoms with Crippen LogP contribution in [-0.4, -0.2) is 36.1 Å². The van der Waals surface area contributed by atoms with E-state index >= 15 is 0 Å². The van der Waals surface area contributed by atoms with Crippen molar-refractivity contribution >= 4 is 0 Å². The minimum atomic E-state index is -0.756. The highest BCUT2D eigenvalue weighted by molar-refractivity contribution is 5.41. The molecule has 0 bridgehead atoms. The zero-order valence-corrected chi connectivity index (χ0v) is 18.4. The molecule has 0 aromatic heterocycles. The van der Waals surface area contributed by atoms with Crippen molar-refractivity contribution in [1.29, 1.82) is 0 Å². The molecule has 1 atom stereocenters. The third kappa shape index (κ3) is 5.81. The second-order valence-corrected chi connectivity index (χ2v) is 8.09. The third-order valence-corrected chi connectivity index (χ3v) is 5.85. The molecular formula is C25H36O4. The van der Waals surface area contributed by atoms with Gasteiger partial charge in [0, 0.05) is 12.0 Å². The van der Waals surface area contributed by atoms with Gasteiger partial charge in [0.2, 0.25) is 0 Å². The predicted octanol–water partition coefficient (Wildman–Crippen LogP) is 4.80. The van der Waals surface area contributed by atoms with Crippen LogP contribution >= 0.6 is 0 Å². The topological polar surface area (TPSA) is 58.9 Å². The van der Waals surface area contributed by atoms with Gasteiger partial charge >= 0.3 is 0 Å². The summed E-state index contributed by atoms with van der Waals surface area (Å²) in [6, 6.07) is 16.3. The van der Waals surface area contributed by atoms with Crippen LogP contribution in [0.2, 0.25) is 0 Å². The number of hydrogen-bond acceptors (Lipinski definition) is 4. The largest absolute Gasteiger partial charge is 0.491 e. The predicted molar refractivity (Wildman–Crippen MR) is 117 cm³/mol. The molecule has 4 nitrogen and oxygen atoms in total. The fourth-order valence-electron chi connectivity index (χ4n) is 3.48. The summed E-state index contributed by atoms with van der Waals surface area (Å²) in [6.45, 7) is 11.4. The van der Waals surface area contributed by atoms with E-state index in [9.17, 15) is 10.2 Å². The van der Waals surface area contributed by atoms with Crippen molar-refractivity contribution < 1.29 is 19.7 Å². The van der Waals surface area contributed by atoms with E-state index in [0.29, 0.717) is 19.4 Å². The molecule has 29 heavy (non-hydrogen) atoms. The van der Waals surface area contributed by atoms with Gasteiger partial charge in [-0.2, -0.15) is 0 Å². The summed E-state index contributed by atoms with van der Waals surface area (Å²) in [6.07, 6.45) is 0.773. The van der Waals surface area contributed by atoms with Crippen LogP contribution < -0.4 is 4.74 Å². The maximum absolute atomic E-state index is 10.7. The molecule has 0 aliphatic heterocycles. The molecular weight excluding hydrogens is 364 g/mol. The zero-order valence-electron chi connectivity index (χ0n) is 18.4. The van der Waals surface area contributed by atoms with E-state index in [1.807, 2.05) is 45.0 Å². The number of ether oxygens (including phenoxy) is 2. The highest BCUT2D eigenvalue weighted by Crippen LogP contribution is 2.35. The first kappa shape index (κ1) is 23.4. The van der Waals surface area contributed by atoms with Crippen LogP contribution in [0.4, 0.5) is 0 Å². The highest BCUT2D eigenvalue weighted by atomic mass is 16.5. The lowest BCUT2D eigenvalue weighted by molar-refractivity contribution is 0.0164. The zero-order chi connectivity index (χ0) is 21.5. The van der Waals surface area contributed by atoms with Gasteiger partial charge in [-0.25, -0.2) is 0 Å². The molecule has 2 N–H and O–H groups in total. The molecule has 2 aromatic carbocycles. The average molecular weight is 401 g/mol. The molecule has 0 radical (unpaired) electrons. The van der Waals surface area contributed by atoms with Gasteiger partial charge in [-0.05, 0) is 48.6 Å². The molecule has 2 aromatic rings. The lowest BCUT2D eigenvalue weighted by atomic mass is 9.77. The van der Waals surface area contributed by atoms with Crippen molar-refractivity contribution in [2.75, 3.05) is 19.8 Å². The fourth-order valence-corrected chi connectivity index (χ4v) is 3.48. The summed E-state index contributed by atoms with van der Waals surface area (Å²) in [5, 5.41) is 20.6. The van der Waals surface area contributed by atoms with Crippen LogP contribution in [0.5, 0.6) is 5.75 Å². The fraction of sp³-hybridized carbons (Fsp3) is 0.520. The van der Waals surface area contributed by atoms with Crippen molar-refractivity contribution in [3.8, 4) is 5.75 Å². The second-order valence-electron chi connectivity index (χ2n) is 8.09. The van der Waals surface area contributed by atoms with E-state index in [-0.39, 0.29) is 18.6 Å². The Hall–Kier alpha value is -1.88. The number of hydrogen-bond donors (Lipinski definition) is 2. The maximum atomic E-state index is 10.7. The minimum Gasteiger partial charge on any atom is -0.491 e. The van der Waals surface area contributed by atoms with E-state index < -0.39 is 11.7 Å². The quantitative estimate of drug-likeness (QED) is 0.569. The average Bonchev–Trinajstić information content (AvgIpc) is 2.76. The van der Waals surface area contributed by atoms with Crippen molar-refractivity contribution in [3.63, 3.8) is 0 Å². The monoisotopic (exact) mass is 400 g/mol. The molecule has 4 heteroatoms. The van der Waals surface area contributed by atoms with Crippen molar-refractivity contribution in [2.45, 2.75) is 64.6 Å². The minimum absolute atomic E-state index is 0.178. The first-order valence-corrected chi connectivity index (χ1v) is 10.6. The Kier molecular flexibility index (Phi) is 8.26. The standard InChI is InChI=1S/C25H36O4/c1-6-25(27,7-2)21-11-9-19(10-12-21)24(4,5)20-13-15-23(16-14-20)29-18-22(26)17-28-8-3/h9-16,22,26-27H,6-8,17-18H2,1-5H3. The van der Waals surface area contributed by atoms with Gasteiger partial charge in [0.15, 0.2) is 0 Å². The number of benzene rings is 2. The summed E-state index contributed by atoms with van der Waals surface area (Å²) in [7, 11) is 0. The van der Waals surface area contributed by atoms with Crippen molar-refractivity contribution in [1.82, 2.24) is 0 Å². The van der Waals surface area contributed by atoms with Crippen LogP contribution in [0.1, 0.15) is 64.2 Å². The van der Waals surface area contributed by atoms with E-state index in [1.165, 1.54) is 11.1 Å². The van der Waals surface area contributed by atoms with E-state index in [4.69, 9.17) is 9.47 Å². The summed E-state index contributed by atoms with van der Waals surface area (Å²) in [5.41, 5.74) is 2.40. The van der Waals surface area contributed by atoms with Crippen LogP contribution in [0.25, 0.3) is 0 Å². The Morgan fingerprint density at radius 1 is 0.793 bits per heavy atom. The van der Waals surface area contributed by atoms with E-state index in [2.05, 4.69) is 38.1 Å². The van der Waals surface area contributed by atoms with Gasteiger partial charge in [0.25, 0.3) is 0 Å². The Labute approximate surface area is 175 Å². The van der Waals surface area contributed by atoms with Gasteiger partial charge in [0.1, 0.15) is 18.5 Å². The first-order valence-electron chi connectivity index (χ1n) is 10.6. The Morgan fingerprint density at radius 2 is 1.28 bits per heavy atom. The van der Waals surface area contributed by atoms with Crippen molar-refractivity contribution in [3.05, 3.63) is 65.2 Å². The lowest BCUT2D eigenvalue weighted by Gasteiger charge is -2.29. The molecule has 0 amide bonds. The maximum Gasteiger partial charge on any atom is 0.119 e.